The number of hydrogen-bond acceptors (Lipinski definition) is 5. The van der Waals surface area contributed by atoms with Crippen molar-refractivity contribution in [3.05, 3.63) is 23.4 Å². The van der Waals surface area contributed by atoms with Crippen molar-refractivity contribution in [1.82, 2.24) is 15.2 Å². The van der Waals surface area contributed by atoms with E-state index in [-0.39, 0.29) is 5.91 Å². The Morgan fingerprint density at radius 2 is 2.17 bits per heavy atom. The molecule has 166 valence electrons. The van der Waals surface area contributed by atoms with Gasteiger partial charge in [-0.05, 0) is 62.6 Å². The van der Waals surface area contributed by atoms with Crippen LogP contribution in [0.3, 0.4) is 0 Å². The van der Waals surface area contributed by atoms with Gasteiger partial charge in [-0.2, -0.15) is 0 Å². The van der Waals surface area contributed by atoms with Crippen molar-refractivity contribution in [1.29, 1.82) is 0 Å². The molecule has 2 aliphatic heterocycles. The van der Waals surface area contributed by atoms with Gasteiger partial charge in [0.15, 0.2) is 0 Å². The molecule has 2 aliphatic rings. The number of aliphatic carboxylic acids is 1. The van der Waals surface area contributed by atoms with Crippen LogP contribution in [0.25, 0.3) is 0 Å². The van der Waals surface area contributed by atoms with E-state index in [1.807, 2.05) is 0 Å². The highest BCUT2D eigenvalue weighted by molar-refractivity contribution is 5.86. The molecule has 3 rings (SSSR count). The molecular formula is C23H36N4O3. The van der Waals surface area contributed by atoms with E-state index < -0.39 is 17.4 Å². The maximum atomic E-state index is 12.1. The Bertz CT molecular complexity index is 759. The number of carboxylic acid groups (broad SMARTS) is 1. The molecule has 0 spiro atoms. The minimum Gasteiger partial charge on any atom is -0.480 e. The number of carboxylic acids is 1. The van der Waals surface area contributed by atoms with E-state index in [4.69, 9.17) is 4.98 Å². The van der Waals surface area contributed by atoms with Crippen LogP contribution in [0, 0.1) is 11.3 Å². The fraction of sp³-hybridized carbons (Fsp3) is 0.696. The first-order chi connectivity index (χ1) is 14.2. The maximum Gasteiger partial charge on any atom is 0.326 e. The van der Waals surface area contributed by atoms with Crippen LogP contribution in [0.2, 0.25) is 0 Å². The summed E-state index contributed by atoms with van der Waals surface area (Å²) in [7, 11) is 0. The van der Waals surface area contributed by atoms with Gasteiger partial charge in [0.2, 0.25) is 5.91 Å². The lowest BCUT2D eigenvalue weighted by Crippen LogP contribution is -2.47. The first-order valence-electron chi connectivity index (χ1n) is 11.2. The number of hydrogen-bond donors (Lipinski definition) is 3. The number of nitrogens with zero attached hydrogens (tertiary/aromatic N) is 2. The predicted octanol–water partition coefficient (Wildman–Crippen LogP) is 2.70. The van der Waals surface area contributed by atoms with Crippen molar-refractivity contribution in [2.45, 2.75) is 65.3 Å². The third-order valence-electron chi connectivity index (χ3n) is 6.15. The zero-order valence-corrected chi connectivity index (χ0v) is 18.5. The van der Waals surface area contributed by atoms with Crippen LogP contribution >= 0.6 is 0 Å². The molecule has 3 heterocycles. The molecule has 7 heteroatoms. The van der Waals surface area contributed by atoms with E-state index in [1.165, 1.54) is 12.0 Å². The summed E-state index contributed by atoms with van der Waals surface area (Å²) in [5, 5.41) is 15.5. The van der Waals surface area contributed by atoms with Gasteiger partial charge in [-0.25, -0.2) is 9.78 Å². The standard InChI is InChI=1S/C23H36N4O3/c1-23(2,3)22(30)26-19(21(28)29)11-14-27-13-10-16(15-27)6-8-18-9-7-17-5-4-12-24-20(17)25-18/h7,9,16,19H,4-6,8,10-15H2,1-3H3,(H,24,25)(H,26,30)(H,28,29)/t16-,19-/m1/s1. The summed E-state index contributed by atoms with van der Waals surface area (Å²) >= 11 is 0. The Labute approximate surface area is 179 Å². The second-order valence-corrected chi connectivity index (χ2v) is 9.74. The lowest BCUT2D eigenvalue weighted by molar-refractivity contribution is -0.143. The van der Waals surface area contributed by atoms with Gasteiger partial charge >= 0.3 is 5.97 Å². The van der Waals surface area contributed by atoms with Crippen LogP contribution in [0.5, 0.6) is 0 Å². The van der Waals surface area contributed by atoms with Gasteiger partial charge in [-0.1, -0.05) is 26.8 Å². The number of likely N-dealkylation sites (tertiary alicyclic amines) is 1. The van der Waals surface area contributed by atoms with Crippen molar-refractivity contribution in [3.8, 4) is 0 Å². The molecule has 1 amide bonds. The quantitative estimate of drug-likeness (QED) is 0.603. The molecule has 0 aromatic carbocycles. The van der Waals surface area contributed by atoms with E-state index >= 15 is 0 Å². The van der Waals surface area contributed by atoms with Gasteiger partial charge in [-0.15, -0.1) is 0 Å². The average Bonchev–Trinajstić information content (AvgIpc) is 3.16. The Balaban J connectivity index is 1.42. The Morgan fingerprint density at radius 3 is 2.90 bits per heavy atom. The molecular weight excluding hydrogens is 380 g/mol. The van der Waals surface area contributed by atoms with E-state index in [9.17, 15) is 14.7 Å². The summed E-state index contributed by atoms with van der Waals surface area (Å²) in [6.07, 6.45) is 5.94. The van der Waals surface area contributed by atoms with Crippen LogP contribution in [0.15, 0.2) is 12.1 Å². The fourth-order valence-corrected chi connectivity index (χ4v) is 4.16. The number of amides is 1. The Morgan fingerprint density at radius 1 is 1.37 bits per heavy atom. The molecule has 1 aromatic heterocycles. The summed E-state index contributed by atoms with van der Waals surface area (Å²) in [6.45, 7) is 9.05. The van der Waals surface area contributed by atoms with Gasteiger partial charge < -0.3 is 20.6 Å². The van der Waals surface area contributed by atoms with E-state index in [0.717, 1.165) is 56.8 Å². The Kier molecular flexibility index (Phi) is 7.34. The van der Waals surface area contributed by atoms with Crippen LogP contribution in [0.4, 0.5) is 5.82 Å². The lowest BCUT2D eigenvalue weighted by atomic mass is 9.95. The van der Waals surface area contributed by atoms with E-state index in [2.05, 4.69) is 27.7 Å². The lowest BCUT2D eigenvalue weighted by Gasteiger charge is -2.24. The largest absolute Gasteiger partial charge is 0.480 e. The molecule has 7 nitrogen and oxygen atoms in total. The number of aromatic nitrogens is 1. The SMILES string of the molecule is CC(C)(C)C(=O)N[C@H](CCN1CC[C@@H](CCc2ccc3c(n2)NCCC3)C1)C(=O)O. The molecule has 1 aromatic rings. The van der Waals surface area contributed by atoms with Gasteiger partial charge in [0.1, 0.15) is 11.9 Å². The number of pyridine rings is 1. The fourth-order valence-electron chi connectivity index (χ4n) is 4.16. The smallest absolute Gasteiger partial charge is 0.326 e. The number of nitrogens with one attached hydrogen (secondary N) is 2. The van der Waals surface area contributed by atoms with E-state index in [0.29, 0.717) is 18.9 Å². The van der Waals surface area contributed by atoms with Crippen LogP contribution < -0.4 is 10.6 Å². The normalized spacial score (nSPS) is 20.3. The molecule has 1 fully saturated rings. The molecule has 2 atom stereocenters. The number of fused-ring (bicyclic) bond motifs is 1. The molecule has 1 saturated heterocycles. The topological polar surface area (TPSA) is 94.6 Å². The third-order valence-corrected chi connectivity index (χ3v) is 6.15. The van der Waals surface area contributed by atoms with Crippen LogP contribution in [0.1, 0.15) is 57.7 Å². The molecule has 0 aliphatic carbocycles. The highest BCUT2D eigenvalue weighted by atomic mass is 16.4. The van der Waals surface area contributed by atoms with Crippen LogP contribution in [-0.2, 0) is 22.4 Å². The average molecular weight is 417 g/mol. The molecule has 30 heavy (non-hydrogen) atoms. The first-order valence-corrected chi connectivity index (χ1v) is 11.2. The van der Waals surface area contributed by atoms with Crippen LogP contribution in [-0.4, -0.2) is 59.1 Å². The van der Waals surface area contributed by atoms with Gasteiger partial charge in [0.05, 0.1) is 0 Å². The zero-order chi connectivity index (χ0) is 21.7. The zero-order valence-electron chi connectivity index (χ0n) is 18.5. The van der Waals surface area contributed by atoms with E-state index in [1.54, 1.807) is 20.8 Å². The maximum absolute atomic E-state index is 12.1. The minimum atomic E-state index is -0.963. The van der Waals surface area contributed by atoms with Crippen molar-refractivity contribution < 1.29 is 14.7 Å². The summed E-state index contributed by atoms with van der Waals surface area (Å²) in [6, 6.07) is 3.54. The molecule has 0 radical (unpaired) electrons. The molecule has 0 saturated carbocycles. The Hall–Kier alpha value is -2.15. The first kappa shape index (κ1) is 22.5. The number of rotatable bonds is 8. The molecule has 0 bridgehead atoms. The number of aryl methyl sites for hydroxylation is 2. The van der Waals surface area contributed by atoms with Gasteiger partial charge in [0, 0.05) is 30.7 Å². The predicted molar refractivity (Wildman–Crippen MR) is 118 cm³/mol. The van der Waals surface area contributed by atoms with Crippen molar-refractivity contribution in [2.24, 2.45) is 11.3 Å². The van der Waals surface area contributed by atoms with Gasteiger partial charge in [-0.3, -0.25) is 4.79 Å². The summed E-state index contributed by atoms with van der Waals surface area (Å²) in [5.74, 6) is 0.490. The van der Waals surface area contributed by atoms with Gasteiger partial charge in [0.25, 0.3) is 0 Å². The number of carbonyl (C=O) groups excluding carboxylic acids is 1. The third kappa shape index (κ3) is 6.17. The second-order valence-electron chi connectivity index (χ2n) is 9.74. The van der Waals surface area contributed by atoms with Crippen molar-refractivity contribution >= 4 is 17.7 Å². The summed E-state index contributed by atoms with van der Waals surface area (Å²) in [4.78, 5) is 30.8. The monoisotopic (exact) mass is 416 g/mol. The summed E-state index contributed by atoms with van der Waals surface area (Å²) < 4.78 is 0. The number of anilines is 1. The minimum absolute atomic E-state index is 0.221. The molecule has 3 N–H and O–H groups in total. The summed E-state index contributed by atoms with van der Waals surface area (Å²) in [5.41, 5.74) is 1.88. The van der Waals surface area contributed by atoms with Crippen molar-refractivity contribution in [2.75, 3.05) is 31.5 Å². The highest BCUT2D eigenvalue weighted by Gasteiger charge is 2.29. The number of carbonyl (C=O) groups is 2. The highest BCUT2D eigenvalue weighted by Crippen LogP contribution is 2.24. The van der Waals surface area contributed by atoms with Crippen molar-refractivity contribution in [3.63, 3.8) is 0 Å². The second kappa shape index (κ2) is 9.77. The molecule has 0 unspecified atom stereocenters.